The van der Waals surface area contributed by atoms with Gasteiger partial charge in [0, 0.05) is 10.6 Å². The number of alkyl halides is 2. The van der Waals surface area contributed by atoms with Gasteiger partial charge in [0.1, 0.15) is 0 Å². The third-order valence-corrected chi connectivity index (χ3v) is 2.59. The van der Waals surface area contributed by atoms with E-state index in [9.17, 15) is 18.0 Å². The van der Waals surface area contributed by atoms with Crippen molar-refractivity contribution in [3.63, 3.8) is 0 Å². The van der Waals surface area contributed by atoms with E-state index in [0.717, 1.165) is 12.1 Å². The normalized spacial score (nSPS) is 18.1. The highest BCUT2D eigenvalue weighted by Gasteiger charge is 2.35. The Hall–Kier alpha value is -1.69. The smallest absolute Gasteiger partial charge is 0.335 e. The molecular weight excluding hydrogens is 273 g/mol. The molecule has 7 heteroatoms. The van der Waals surface area contributed by atoms with Crippen LogP contribution in [0, 0.1) is 5.82 Å². The maximum atomic E-state index is 13.5. The zero-order chi connectivity index (χ0) is 13.4. The number of hydrogen-bond donors (Lipinski definition) is 1. The highest BCUT2D eigenvalue weighted by atomic mass is 35.5. The van der Waals surface area contributed by atoms with Crippen molar-refractivity contribution in [2.24, 2.45) is 0 Å². The van der Waals surface area contributed by atoms with Crippen molar-refractivity contribution in [1.29, 1.82) is 0 Å². The van der Waals surface area contributed by atoms with Crippen LogP contribution in [0.2, 0.25) is 5.02 Å². The number of carbonyl (C=O) groups is 1. The lowest BCUT2D eigenvalue weighted by molar-refractivity contribution is -0.134. The van der Waals surface area contributed by atoms with E-state index >= 15 is 0 Å². The van der Waals surface area contributed by atoms with Crippen LogP contribution in [0.3, 0.4) is 0 Å². The minimum absolute atomic E-state index is 0.0198. The van der Waals surface area contributed by atoms with Crippen LogP contribution in [0.25, 0.3) is 6.08 Å². The van der Waals surface area contributed by atoms with Gasteiger partial charge in [-0.05, 0) is 18.2 Å². The maximum Gasteiger partial charge on any atom is 0.335 e. The molecule has 0 saturated carbocycles. The highest BCUT2D eigenvalue weighted by molar-refractivity contribution is 6.30. The largest absolute Gasteiger partial charge is 0.478 e. The maximum absolute atomic E-state index is 13.5. The SMILES string of the molecule is O=C(O)C1=Cc2cc(Cl)cc(F)c2OC1C(F)F. The van der Waals surface area contributed by atoms with E-state index in [4.69, 9.17) is 21.4 Å². The lowest BCUT2D eigenvalue weighted by Crippen LogP contribution is -2.34. The van der Waals surface area contributed by atoms with Crippen LogP contribution >= 0.6 is 11.6 Å². The average molecular weight is 279 g/mol. The van der Waals surface area contributed by atoms with Crippen LogP contribution in [0.1, 0.15) is 5.56 Å². The number of benzene rings is 1. The van der Waals surface area contributed by atoms with Crippen molar-refractivity contribution in [3.8, 4) is 5.75 Å². The number of fused-ring (bicyclic) bond motifs is 1. The molecule has 0 radical (unpaired) electrons. The Labute approximate surface area is 104 Å². The van der Waals surface area contributed by atoms with Gasteiger partial charge in [0.25, 0.3) is 6.43 Å². The van der Waals surface area contributed by atoms with Gasteiger partial charge in [0.15, 0.2) is 17.7 Å². The van der Waals surface area contributed by atoms with E-state index in [-0.39, 0.29) is 10.6 Å². The van der Waals surface area contributed by atoms with Gasteiger partial charge in [-0.2, -0.15) is 0 Å². The lowest BCUT2D eigenvalue weighted by Gasteiger charge is -2.25. The molecule has 1 aliphatic rings. The molecular formula is C11H6ClF3O3. The van der Waals surface area contributed by atoms with Crippen molar-refractivity contribution < 1.29 is 27.8 Å². The first-order chi connectivity index (χ1) is 8.40. The number of aliphatic carboxylic acids is 1. The number of ether oxygens (including phenoxy) is 1. The van der Waals surface area contributed by atoms with Crippen molar-refractivity contribution >= 4 is 23.6 Å². The molecule has 2 rings (SSSR count). The molecule has 96 valence electrons. The Kier molecular flexibility index (Phi) is 3.21. The Morgan fingerprint density at radius 3 is 2.67 bits per heavy atom. The third-order valence-electron chi connectivity index (χ3n) is 2.38. The molecule has 18 heavy (non-hydrogen) atoms. The molecule has 1 aliphatic heterocycles. The van der Waals surface area contributed by atoms with Crippen LogP contribution in [0.15, 0.2) is 17.7 Å². The summed E-state index contributed by atoms with van der Waals surface area (Å²) in [5, 5.41) is 8.83. The second kappa shape index (κ2) is 4.53. The Morgan fingerprint density at radius 2 is 2.11 bits per heavy atom. The summed E-state index contributed by atoms with van der Waals surface area (Å²) >= 11 is 5.59. The fourth-order valence-electron chi connectivity index (χ4n) is 1.62. The summed E-state index contributed by atoms with van der Waals surface area (Å²) in [6.07, 6.45) is -4.13. The summed E-state index contributed by atoms with van der Waals surface area (Å²) < 4.78 is 43.5. The highest BCUT2D eigenvalue weighted by Crippen LogP contribution is 2.36. The zero-order valence-electron chi connectivity index (χ0n) is 8.66. The van der Waals surface area contributed by atoms with Gasteiger partial charge in [-0.25, -0.2) is 18.0 Å². The second-order valence-electron chi connectivity index (χ2n) is 3.58. The predicted octanol–water partition coefficient (Wildman–Crippen LogP) is 2.97. The third kappa shape index (κ3) is 2.15. The minimum Gasteiger partial charge on any atom is -0.478 e. The average Bonchev–Trinajstić information content (AvgIpc) is 2.26. The van der Waals surface area contributed by atoms with Gasteiger partial charge < -0.3 is 9.84 Å². The fourth-order valence-corrected chi connectivity index (χ4v) is 1.84. The molecule has 0 aromatic heterocycles. The van der Waals surface area contributed by atoms with Gasteiger partial charge in [-0.1, -0.05) is 11.6 Å². The molecule has 1 aromatic carbocycles. The molecule has 1 aromatic rings. The summed E-state index contributed by atoms with van der Waals surface area (Å²) in [5.41, 5.74) is -0.617. The van der Waals surface area contributed by atoms with E-state index in [0.29, 0.717) is 0 Å². The van der Waals surface area contributed by atoms with Gasteiger partial charge in [-0.3, -0.25) is 0 Å². The summed E-state index contributed by atoms with van der Waals surface area (Å²) in [5.74, 6) is -2.88. The molecule has 0 bridgehead atoms. The number of rotatable bonds is 2. The summed E-state index contributed by atoms with van der Waals surface area (Å²) in [6, 6.07) is 2.15. The molecule has 1 heterocycles. The monoisotopic (exact) mass is 278 g/mol. The zero-order valence-corrected chi connectivity index (χ0v) is 9.42. The van der Waals surface area contributed by atoms with Gasteiger partial charge in [-0.15, -0.1) is 0 Å². The van der Waals surface area contributed by atoms with Gasteiger partial charge >= 0.3 is 5.97 Å². The van der Waals surface area contributed by atoms with Gasteiger partial charge in [0.2, 0.25) is 0 Å². The standard InChI is InChI=1S/C11H6ClF3O3/c12-5-1-4-2-6(11(16)17)9(10(14)15)18-8(4)7(13)3-5/h1-3,9-10H,(H,16,17). The van der Waals surface area contributed by atoms with Crippen LogP contribution in [0.5, 0.6) is 5.75 Å². The van der Waals surface area contributed by atoms with Crippen molar-refractivity contribution in [2.75, 3.05) is 0 Å². The first-order valence-corrected chi connectivity index (χ1v) is 5.16. The topological polar surface area (TPSA) is 46.5 Å². The van der Waals surface area contributed by atoms with E-state index in [1.165, 1.54) is 6.07 Å². The Morgan fingerprint density at radius 1 is 1.44 bits per heavy atom. The molecule has 3 nitrogen and oxygen atoms in total. The Balaban J connectivity index is 2.58. The lowest BCUT2D eigenvalue weighted by atomic mass is 10.0. The van der Waals surface area contributed by atoms with Crippen molar-refractivity contribution in [2.45, 2.75) is 12.5 Å². The second-order valence-corrected chi connectivity index (χ2v) is 4.02. The molecule has 1 atom stereocenters. The van der Waals surface area contributed by atoms with E-state index in [1.807, 2.05) is 0 Å². The number of hydrogen-bond acceptors (Lipinski definition) is 2. The first-order valence-electron chi connectivity index (χ1n) is 4.79. The summed E-state index contributed by atoms with van der Waals surface area (Å²) in [7, 11) is 0. The first kappa shape index (κ1) is 12.8. The molecule has 1 unspecified atom stereocenters. The number of carboxylic acid groups (broad SMARTS) is 1. The quantitative estimate of drug-likeness (QED) is 0.905. The molecule has 0 spiro atoms. The molecule has 0 aliphatic carbocycles. The van der Waals surface area contributed by atoms with Crippen LogP contribution < -0.4 is 4.74 Å². The molecule has 0 amide bonds. The predicted molar refractivity (Wildman–Crippen MR) is 57.4 cm³/mol. The summed E-state index contributed by atoms with van der Waals surface area (Å²) in [4.78, 5) is 10.8. The Bertz CT molecular complexity index is 543. The number of halogens is 4. The fraction of sp³-hybridized carbons (Fsp3) is 0.182. The van der Waals surface area contributed by atoms with Crippen LogP contribution in [-0.2, 0) is 4.79 Å². The van der Waals surface area contributed by atoms with Gasteiger partial charge in [0.05, 0.1) is 5.57 Å². The van der Waals surface area contributed by atoms with E-state index < -0.39 is 35.6 Å². The molecule has 0 fully saturated rings. The van der Waals surface area contributed by atoms with Crippen molar-refractivity contribution in [1.82, 2.24) is 0 Å². The molecule has 1 N–H and O–H groups in total. The van der Waals surface area contributed by atoms with Crippen LogP contribution in [-0.4, -0.2) is 23.6 Å². The van der Waals surface area contributed by atoms with E-state index in [1.54, 1.807) is 0 Å². The minimum atomic E-state index is -3.07. The number of carboxylic acids is 1. The van der Waals surface area contributed by atoms with Crippen molar-refractivity contribution in [3.05, 3.63) is 34.1 Å². The van der Waals surface area contributed by atoms with E-state index in [2.05, 4.69) is 0 Å². The van der Waals surface area contributed by atoms with Crippen LogP contribution in [0.4, 0.5) is 13.2 Å². The molecule has 0 saturated heterocycles. The summed E-state index contributed by atoms with van der Waals surface area (Å²) in [6.45, 7) is 0.